The largest absolute Gasteiger partial charge is 0.456 e. The molecule has 0 radical (unpaired) electrons. The van der Waals surface area contributed by atoms with Crippen molar-refractivity contribution in [3.8, 4) is 44.5 Å². The molecule has 10 aromatic rings. The Balaban J connectivity index is 1.23. The van der Waals surface area contributed by atoms with Gasteiger partial charge in [-0.3, -0.25) is 0 Å². The number of hydrogen-bond acceptors (Lipinski definition) is 2. The third-order valence-electron chi connectivity index (χ3n) is 10.5. The summed E-state index contributed by atoms with van der Waals surface area (Å²) in [6, 6.07) is 75.9. The van der Waals surface area contributed by atoms with E-state index in [1.165, 1.54) is 44.2 Å². The van der Waals surface area contributed by atoms with Crippen LogP contribution in [-0.4, -0.2) is 0 Å². The molecule has 0 aliphatic rings. The lowest BCUT2D eigenvalue weighted by molar-refractivity contribution is 0.669. The highest BCUT2D eigenvalue weighted by atomic mass is 16.3. The molecule has 9 aromatic carbocycles. The van der Waals surface area contributed by atoms with E-state index in [1.54, 1.807) is 0 Å². The summed E-state index contributed by atoms with van der Waals surface area (Å²) < 4.78 is 6.49. The van der Waals surface area contributed by atoms with Gasteiger partial charge < -0.3 is 9.32 Å². The Bertz CT molecular complexity index is 2920. The van der Waals surface area contributed by atoms with Crippen LogP contribution in [0.1, 0.15) is 0 Å². The molecule has 0 fully saturated rings. The summed E-state index contributed by atoms with van der Waals surface area (Å²) in [7, 11) is 0. The van der Waals surface area contributed by atoms with Crippen molar-refractivity contribution in [2.45, 2.75) is 0 Å². The maximum atomic E-state index is 6.49. The molecule has 254 valence electrons. The summed E-state index contributed by atoms with van der Waals surface area (Å²) >= 11 is 0. The zero-order chi connectivity index (χ0) is 35.8. The van der Waals surface area contributed by atoms with Crippen molar-refractivity contribution in [3.05, 3.63) is 212 Å². The molecule has 0 atom stereocenters. The quantitative estimate of drug-likeness (QED) is 0.166. The highest BCUT2D eigenvalue weighted by Crippen LogP contribution is 2.49. The molecule has 0 aliphatic carbocycles. The van der Waals surface area contributed by atoms with Gasteiger partial charge in [-0.05, 0) is 86.1 Å². The van der Waals surface area contributed by atoms with Crippen LogP contribution < -0.4 is 4.90 Å². The number of para-hydroxylation sites is 1. The summed E-state index contributed by atoms with van der Waals surface area (Å²) in [6.07, 6.45) is 0. The fourth-order valence-corrected chi connectivity index (χ4v) is 7.99. The molecule has 0 saturated carbocycles. The molecule has 54 heavy (non-hydrogen) atoms. The van der Waals surface area contributed by atoms with Gasteiger partial charge in [0.2, 0.25) is 0 Å². The molecule has 0 amide bonds. The van der Waals surface area contributed by atoms with Crippen molar-refractivity contribution in [2.24, 2.45) is 0 Å². The molecule has 0 bridgehead atoms. The molecule has 0 spiro atoms. The monoisotopic (exact) mass is 689 g/mol. The number of benzene rings is 9. The summed E-state index contributed by atoms with van der Waals surface area (Å²) in [4.78, 5) is 2.39. The van der Waals surface area contributed by atoms with Gasteiger partial charge in [-0.15, -0.1) is 0 Å². The van der Waals surface area contributed by atoms with Crippen molar-refractivity contribution >= 4 is 49.8 Å². The first kappa shape index (κ1) is 31.6. The van der Waals surface area contributed by atoms with Crippen LogP contribution in [0.5, 0.6) is 0 Å². The molecule has 2 heteroatoms. The first-order chi connectivity index (χ1) is 26.8. The Kier molecular flexibility index (Phi) is 7.85. The van der Waals surface area contributed by atoms with Crippen molar-refractivity contribution < 1.29 is 4.42 Å². The van der Waals surface area contributed by atoms with Crippen LogP contribution in [0.15, 0.2) is 217 Å². The number of rotatable bonds is 7. The number of furan rings is 1. The van der Waals surface area contributed by atoms with Gasteiger partial charge in [0.1, 0.15) is 11.2 Å². The predicted octanol–water partition coefficient (Wildman–Crippen LogP) is 14.9. The smallest absolute Gasteiger partial charge is 0.137 e. The topological polar surface area (TPSA) is 16.4 Å². The normalized spacial score (nSPS) is 11.3. The van der Waals surface area contributed by atoms with Crippen LogP contribution in [0.4, 0.5) is 17.1 Å². The Morgan fingerprint density at radius 1 is 0.315 bits per heavy atom. The average Bonchev–Trinajstić information content (AvgIpc) is 3.62. The van der Waals surface area contributed by atoms with E-state index in [0.29, 0.717) is 0 Å². The van der Waals surface area contributed by atoms with Crippen molar-refractivity contribution in [2.75, 3.05) is 4.90 Å². The van der Waals surface area contributed by atoms with Crippen molar-refractivity contribution in [1.29, 1.82) is 0 Å². The highest BCUT2D eigenvalue weighted by Gasteiger charge is 2.23. The summed E-state index contributed by atoms with van der Waals surface area (Å²) in [6.45, 7) is 0. The summed E-state index contributed by atoms with van der Waals surface area (Å²) in [5, 5.41) is 4.71. The number of anilines is 3. The molecule has 0 unspecified atom stereocenters. The fourth-order valence-electron chi connectivity index (χ4n) is 7.99. The Morgan fingerprint density at radius 2 is 0.852 bits per heavy atom. The lowest BCUT2D eigenvalue weighted by Crippen LogP contribution is -2.12. The van der Waals surface area contributed by atoms with Gasteiger partial charge in [-0.25, -0.2) is 0 Å². The number of fused-ring (bicyclic) bond motifs is 4. The van der Waals surface area contributed by atoms with Crippen LogP contribution in [0.25, 0.3) is 77.2 Å². The Hall–Kier alpha value is -7.16. The van der Waals surface area contributed by atoms with Crippen LogP contribution in [0.3, 0.4) is 0 Å². The second kappa shape index (κ2) is 13.4. The zero-order valence-corrected chi connectivity index (χ0v) is 29.6. The lowest BCUT2D eigenvalue weighted by atomic mass is 9.87. The minimum atomic E-state index is 0.858. The summed E-state index contributed by atoms with van der Waals surface area (Å²) in [5.41, 5.74) is 14.3. The van der Waals surface area contributed by atoms with E-state index < -0.39 is 0 Å². The van der Waals surface area contributed by atoms with Crippen molar-refractivity contribution in [3.63, 3.8) is 0 Å². The predicted molar refractivity (Wildman–Crippen MR) is 228 cm³/mol. The van der Waals surface area contributed by atoms with E-state index >= 15 is 0 Å². The van der Waals surface area contributed by atoms with Gasteiger partial charge in [0, 0.05) is 33.8 Å². The molecule has 1 heterocycles. The van der Waals surface area contributed by atoms with Gasteiger partial charge >= 0.3 is 0 Å². The fraction of sp³-hybridized carbons (Fsp3) is 0. The zero-order valence-electron chi connectivity index (χ0n) is 29.6. The van der Waals surface area contributed by atoms with E-state index in [-0.39, 0.29) is 0 Å². The van der Waals surface area contributed by atoms with E-state index in [2.05, 4.69) is 205 Å². The Morgan fingerprint density at radius 3 is 1.65 bits per heavy atom. The average molecular weight is 690 g/mol. The molecule has 0 N–H and O–H groups in total. The van der Waals surface area contributed by atoms with Crippen LogP contribution in [0.2, 0.25) is 0 Å². The molecule has 10 rings (SSSR count). The van der Waals surface area contributed by atoms with Gasteiger partial charge in [0.15, 0.2) is 0 Å². The maximum absolute atomic E-state index is 6.49. The standard InChI is InChI=1S/C52H35NO/c1-3-15-36(16-4-1)44-22-9-10-24-48(44)52-45(38-17-5-2-6-18-38)26-14-27-49(52)53(41-33-34-47-46-23-11-12-28-50(46)54-51(47)35-41)40-31-29-39(30-32-40)43-25-13-20-37-19-7-8-21-42(37)43/h1-35H. The number of nitrogens with zero attached hydrogens (tertiary/aromatic N) is 1. The molecule has 1 aromatic heterocycles. The van der Waals surface area contributed by atoms with Crippen molar-refractivity contribution in [1.82, 2.24) is 0 Å². The van der Waals surface area contributed by atoms with E-state index in [4.69, 9.17) is 4.42 Å². The minimum absolute atomic E-state index is 0.858. The van der Waals surface area contributed by atoms with Gasteiger partial charge in [0.25, 0.3) is 0 Å². The minimum Gasteiger partial charge on any atom is -0.456 e. The molecule has 0 aliphatic heterocycles. The van der Waals surface area contributed by atoms with Gasteiger partial charge in [-0.1, -0.05) is 170 Å². The van der Waals surface area contributed by atoms with E-state index in [1.807, 2.05) is 12.1 Å². The van der Waals surface area contributed by atoms with E-state index in [0.717, 1.165) is 50.1 Å². The molecule has 0 saturated heterocycles. The SMILES string of the molecule is c1ccc(-c2ccccc2-c2c(-c3ccccc3)cccc2N(c2ccc(-c3cccc4ccccc34)cc2)c2ccc3c(c2)oc2ccccc23)cc1. The van der Waals surface area contributed by atoms with Crippen LogP contribution >= 0.6 is 0 Å². The third kappa shape index (κ3) is 5.53. The second-order valence-electron chi connectivity index (χ2n) is 13.7. The second-order valence-corrected chi connectivity index (χ2v) is 13.7. The number of hydrogen-bond donors (Lipinski definition) is 0. The van der Waals surface area contributed by atoms with E-state index in [9.17, 15) is 0 Å². The third-order valence-corrected chi connectivity index (χ3v) is 10.5. The Labute approximate surface area is 314 Å². The van der Waals surface area contributed by atoms with Gasteiger partial charge in [-0.2, -0.15) is 0 Å². The maximum Gasteiger partial charge on any atom is 0.137 e. The van der Waals surface area contributed by atoms with Crippen LogP contribution in [0, 0.1) is 0 Å². The molecule has 2 nitrogen and oxygen atoms in total. The lowest BCUT2D eigenvalue weighted by Gasteiger charge is -2.30. The van der Waals surface area contributed by atoms with Gasteiger partial charge in [0.05, 0.1) is 5.69 Å². The first-order valence-corrected chi connectivity index (χ1v) is 18.4. The first-order valence-electron chi connectivity index (χ1n) is 18.4. The molecular weight excluding hydrogens is 655 g/mol. The highest BCUT2D eigenvalue weighted by molar-refractivity contribution is 6.07. The van der Waals surface area contributed by atoms with Crippen LogP contribution in [-0.2, 0) is 0 Å². The molecular formula is C52H35NO. The summed E-state index contributed by atoms with van der Waals surface area (Å²) in [5.74, 6) is 0.